The summed E-state index contributed by atoms with van der Waals surface area (Å²) < 4.78 is 44.3. The van der Waals surface area contributed by atoms with E-state index in [2.05, 4.69) is 5.32 Å². The zero-order chi connectivity index (χ0) is 21.8. The van der Waals surface area contributed by atoms with E-state index in [4.69, 9.17) is 14.2 Å². The Morgan fingerprint density at radius 2 is 1.87 bits per heavy atom. The van der Waals surface area contributed by atoms with Crippen LogP contribution < -0.4 is 19.5 Å². The highest BCUT2D eigenvalue weighted by Gasteiger charge is 2.28. The van der Waals surface area contributed by atoms with E-state index in [1.807, 2.05) is 18.2 Å². The maximum Gasteiger partial charge on any atom is 0.255 e. The Morgan fingerprint density at radius 3 is 2.61 bits per heavy atom. The van der Waals surface area contributed by atoms with Gasteiger partial charge in [0.25, 0.3) is 5.91 Å². The number of para-hydroxylation sites is 2. The lowest BCUT2D eigenvalue weighted by atomic mass is 10.2. The number of sulfonamides is 1. The number of nitrogens with zero attached hydrogens (tertiary/aromatic N) is 1. The largest absolute Gasteiger partial charge is 0.496 e. The number of carbonyl (C=O) groups is 1. The second kappa shape index (κ2) is 9.15. The molecule has 0 bridgehead atoms. The molecule has 0 radical (unpaired) electrons. The lowest BCUT2D eigenvalue weighted by Gasteiger charge is -2.27. The Morgan fingerprint density at radius 1 is 1.13 bits per heavy atom. The van der Waals surface area contributed by atoms with Crippen LogP contribution in [0.15, 0.2) is 47.4 Å². The van der Waals surface area contributed by atoms with Gasteiger partial charge in [0.2, 0.25) is 10.0 Å². The van der Waals surface area contributed by atoms with Crippen LogP contribution in [0.1, 0.15) is 29.6 Å². The maximum absolute atomic E-state index is 13.0. The zero-order valence-corrected chi connectivity index (χ0v) is 18.2. The third-order valence-corrected chi connectivity index (χ3v) is 7.32. The summed E-state index contributed by atoms with van der Waals surface area (Å²) in [4.78, 5) is 13.0. The fourth-order valence-corrected chi connectivity index (χ4v) is 5.29. The van der Waals surface area contributed by atoms with Crippen molar-refractivity contribution in [1.29, 1.82) is 0 Å². The van der Waals surface area contributed by atoms with E-state index in [9.17, 15) is 13.2 Å². The van der Waals surface area contributed by atoms with Crippen molar-refractivity contribution in [1.82, 2.24) is 9.62 Å². The molecule has 166 valence electrons. The Kier molecular flexibility index (Phi) is 6.33. The van der Waals surface area contributed by atoms with Crippen molar-refractivity contribution >= 4 is 15.9 Å². The van der Waals surface area contributed by atoms with Gasteiger partial charge in [-0.3, -0.25) is 4.79 Å². The Hall–Kier alpha value is -2.78. The minimum Gasteiger partial charge on any atom is -0.496 e. The monoisotopic (exact) mass is 446 g/mol. The van der Waals surface area contributed by atoms with E-state index >= 15 is 0 Å². The van der Waals surface area contributed by atoms with E-state index in [1.165, 1.54) is 29.6 Å². The van der Waals surface area contributed by atoms with Crippen molar-refractivity contribution in [2.45, 2.75) is 30.3 Å². The highest BCUT2D eigenvalue weighted by atomic mass is 32.2. The Labute approximate surface area is 182 Å². The number of ether oxygens (including phenoxy) is 3. The predicted molar refractivity (Wildman–Crippen MR) is 114 cm³/mol. The number of carbonyl (C=O) groups excluding carboxylic acids is 1. The molecular weight excluding hydrogens is 420 g/mol. The summed E-state index contributed by atoms with van der Waals surface area (Å²) >= 11 is 0. The quantitative estimate of drug-likeness (QED) is 0.733. The van der Waals surface area contributed by atoms with E-state index in [0.29, 0.717) is 36.9 Å². The van der Waals surface area contributed by atoms with Gasteiger partial charge >= 0.3 is 0 Å². The van der Waals surface area contributed by atoms with Crippen LogP contribution in [-0.2, 0) is 10.0 Å². The number of rotatable bonds is 6. The van der Waals surface area contributed by atoms with Gasteiger partial charge in [-0.15, -0.1) is 0 Å². The smallest absolute Gasteiger partial charge is 0.255 e. The molecule has 2 aliphatic heterocycles. The lowest BCUT2D eigenvalue weighted by Crippen LogP contribution is -2.41. The van der Waals surface area contributed by atoms with Crippen LogP contribution in [0.2, 0.25) is 0 Å². The second-order valence-corrected chi connectivity index (χ2v) is 9.47. The van der Waals surface area contributed by atoms with Gasteiger partial charge < -0.3 is 19.5 Å². The first-order valence-corrected chi connectivity index (χ1v) is 11.8. The number of hydrogen-bond acceptors (Lipinski definition) is 6. The molecule has 2 aliphatic rings. The number of amides is 1. The molecule has 4 rings (SSSR count). The van der Waals surface area contributed by atoms with Gasteiger partial charge in [-0.25, -0.2) is 8.42 Å². The summed E-state index contributed by atoms with van der Waals surface area (Å²) in [6.45, 7) is 1.50. The minimum atomic E-state index is -3.66. The fraction of sp³-hybridized carbons (Fsp3) is 0.409. The maximum atomic E-state index is 13.0. The molecule has 1 saturated heterocycles. The van der Waals surface area contributed by atoms with Crippen molar-refractivity contribution in [3.8, 4) is 17.2 Å². The molecule has 1 amide bonds. The summed E-state index contributed by atoms with van der Waals surface area (Å²) in [5.41, 5.74) is 0.165. The zero-order valence-electron chi connectivity index (χ0n) is 17.4. The molecule has 31 heavy (non-hydrogen) atoms. The van der Waals surface area contributed by atoms with Gasteiger partial charge in [-0.1, -0.05) is 18.6 Å². The molecule has 1 fully saturated rings. The summed E-state index contributed by atoms with van der Waals surface area (Å²) in [6.07, 6.45) is 2.36. The van der Waals surface area contributed by atoms with Gasteiger partial charge in [-0.2, -0.15) is 4.31 Å². The number of hydrogen-bond donors (Lipinski definition) is 1. The summed E-state index contributed by atoms with van der Waals surface area (Å²) in [5, 5.41) is 2.80. The minimum absolute atomic E-state index is 0.0894. The third-order valence-electron chi connectivity index (χ3n) is 5.43. The Bertz CT molecular complexity index is 1050. The van der Waals surface area contributed by atoms with Gasteiger partial charge in [0, 0.05) is 13.1 Å². The highest BCUT2D eigenvalue weighted by Crippen LogP contribution is 2.31. The molecule has 0 aromatic heterocycles. The fourth-order valence-electron chi connectivity index (χ4n) is 3.74. The summed E-state index contributed by atoms with van der Waals surface area (Å²) in [7, 11) is -2.21. The first-order chi connectivity index (χ1) is 15.0. The molecule has 0 aliphatic carbocycles. The first kappa shape index (κ1) is 21.5. The van der Waals surface area contributed by atoms with Gasteiger partial charge in [0.15, 0.2) is 11.5 Å². The molecule has 1 atom stereocenters. The second-order valence-electron chi connectivity index (χ2n) is 7.53. The van der Waals surface area contributed by atoms with Crippen molar-refractivity contribution in [2.24, 2.45) is 0 Å². The van der Waals surface area contributed by atoms with Crippen LogP contribution in [0.25, 0.3) is 0 Å². The van der Waals surface area contributed by atoms with Gasteiger partial charge in [-0.05, 0) is 43.2 Å². The van der Waals surface area contributed by atoms with Crippen LogP contribution >= 0.6 is 0 Å². The van der Waals surface area contributed by atoms with Crippen molar-refractivity contribution in [3.63, 3.8) is 0 Å². The average Bonchev–Trinajstić information content (AvgIpc) is 2.82. The normalized spacial score (nSPS) is 18.9. The molecular formula is C22H26N2O6S. The SMILES string of the molecule is COc1ccc(S(=O)(=O)N2CCCCC2)cc1C(=O)NCC1COc2ccccc2O1. The molecule has 1 N–H and O–H groups in total. The molecule has 9 heteroatoms. The molecule has 2 heterocycles. The summed E-state index contributed by atoms with van der Waals surface area (Å²) in [6, 6.07) is 11.7. The molecule has 0 spiro atoms. The number of benzene rings is 2. The molecule has 2 aromatic rings. The van der Waals surface area contributed by atoms with Crippen molar-refractivity contribution < 1.29 is 27.4 Å². The number of piperidine rings is 1. The predicted octanol–water partition coefficient (Wildman–Crippen LogP) is 2.44. The van der Waals surface area contributed by atoms with Crippen molar-refractivity contribution in [3.05, 3.63) is 48.0 Å². The van der Waals surface area contributed by atoms with Crippen LogP contribution in [0.5, 0.6) is 17.2 Å². The van der Waals surface area contributed by atoms with Crippen LogP contribution in [0.3, 0.4) is 0 Å². The van der Waals surface area contributed by atoms with Gasteiger partial charge in [0.1, 0.15) is 18.5 Å². The van der Waals surface area contributed by atoms with Crippen LogP contribution in [0, 0.1) is 0 Å². The van der Waals surface area contributed by atoms with E-state index in [-0.39, 0.29) is 23.1 Å². The molecule has 0 saturated carbocycles. The molecule has 2 aromatic carbocycles. The lowest BCUT2D eigenvalue weighted by molar-refractivity contribution is 0.0787. The molecule has 1 unspecified atom stereocenters. The van der Waals surface area contributed by atoms with Crippen LogP contribution in [-0.4, -0.2) is 58.1 Å². The third kappa shape index (κ3) is 4.62. The van der Waals surface area contributed by atoms with Gasteiger partial charge in [0.05, 0.1) is 24.1 Å². The van der Waals surface area contributed by atoms with E-state index in [0.717, 1.165) is 19.3 Å². The van der Waals surface area contributed by atoms with E-state index < -0.39 is 15.9 Å². The van der Waals surface area contributed by atoms with Crippen molar-refractivity contribution in [2.75, 3.05) is 33.4 Å². The Balaban J connectivity index is 1.48. The molecule has 8 nitrogen and oxygen atoms in total. The highest BCUT2D eigenvalue weighted by molar-refractivity contribution is 7.89. The van der Waals surface area contributed by atoms with E-state index in [1.54, 1.807) is 6.07 Å². The standard InChI is InChI=1S/C22H26N2O6S/c1-28-19-10-9-17(31(26,27)24-11-5-2-6-12-24)13-18(19)22(25)23-14-16-15-29-20-7-3-4-8-21(20)30-16/h3-4,7-10,13,16H,2,5-6,11-12,14-15H2,1H3,(H,23,25). The summed E-state index contributed by atoms with van der Waals surface area (Å²) in [5.74, 6) is 1.17. The number of methoxy groups -OCH3 is 1. The topological polar surface area (TPSA) is 94.2 Å². The van der Waals surface area contributed by atoms with Crippen LogP contribution in [0.4, 0.5) is 0 Å². The average molecular weight is 447 g/mol. The number of fused-ring (bicyclic) bond motifs is 1. The number of nitrogens with one attached hydrogen (secondary N) is 1. The first-order valence-electron chi connectivity index (χ1n) is 10.3.